The molecular formula is C22H18N4O6S. The second-order valence-corrected chi connectivity index (χ2v) is 7.93. The first-order chi connectivity index (χ1) is 15.7. The third-order valence-electron chi connectivity index (χ3n) is 4.50. The van der Waals surface area contributed by atoms with E-state index in [-0.39, 0.29) is 28.6 Å². The second kappa shape index (κ2) is 10.4. The Morgan fingerprint density at radius 2 is 1.55 bits per heavy atom. The zero-order chi connectivity index (χ0) is 24.0. The van der Waals surface area contributed by atoms with E-state index in [9.17, 15) is 29.8 Å². The summed E-state index contributed by atoms with van der Waals surface area (Å²) in [5.74, 6) is -0.618. The molecule has 11 heteroatoms. The van der Waals surface area contributed by atoms with Crippen LogP contribution in [-0.2, 0) is 4.79 Å². The second-order valence-electron chi connectivity index (χ2n) is 6.88. The number of hydrogen-bond acceptors (Lipinski definition) is 7. The third kappa shape index (κ3) is 6.37. The number of benzene rings is 3. The van der Waals surface area contributed by atoms with E-state index in [0.717, 1.165) is 4.90 Å². The first-order valence-electron chi connectivity index (χ1n) is 9.56. The highest BCUT2D eigenvalue weighted by molar-refractivity contribution is 8.00. The van der Waals surface area contributed by atoms with Gasteiger partial charge >= 0.3 is 0 Å². The lowest BCUT2D eigenvalue weighted by molar-refractivity contribution is -0.385. The summed E-state index contributed by atoms with van der Waals surface area (Å²) in [6.07, 6.45) is 0. The van der Waals surface area contributed by atoms with Crippen molar-refractivity contribution >= 4 is 46.3 Å². The quantitative estimate of drug-likeness (QED) is 0.276. The normalized spacial score (nSPS) is 10.3. The van der Waals surface area contributed by atoms with E-state index in [0.29, 0.717) is 16.9 Å². The van der Waals surface area contributed by atoms with Crippen LogP contribution in [0.25, 0.3) is 0 Å². The van der Waals surface area contributed by atoms with Gasteiger partial charge in [0.15, 0.2) is 0 Å². The molecule has 33 heavy (non-hydrogen) atoms. The van der Waals surface area contributed by atoms with Gasteiger partial charge in [-0.2, -0.15) is 0 Å². The summed E-state index contributed by atoms with van der Waals surface area (Å²) in [4.78, 5) is 45.9. The van der Waals surface area contributed by atoms with Crippen molar-refractivity contribution in [1.82, 2.24) is 0 Å². The Morgan fingerprint density at radius 3 is 2.18 bits per heavy atom. The van der Waals surface area contributed by atoms with Crippen molar-refractivity contribution < 1.29 is 19.4 Å². The number of carbonyl (C=O) groups excluding carboxylic acids is 2. The molecular weight excluding hydrogens is 448 g/mol. The van der Waals surface area contributed by atoms with Crippen LogP contribution in [0.5, 0.6) is 0 Å². The molecule has 0 fully saturated rings. The van der Waals surface area contributed by atoms with Gasteiger partial charge in [-0.25, -0.2) is 0 Å². The molecule has 0 saturated heterocycles. The summed E-state index contributed by atoms with van der Waals surface area (Å²) in [6.45, 7) is 1.68. The molecule has 0 atom stereocenters. The predicted molar refractivity (Wildman–Crippen MR) is 125 cm³/mol. The minimum Gasteiger partial charge on any atom is -0.325 e. The van der Waals surface area contributed by atoms with Crippen LogP contribution >= 0.6 is 11.8 Å². The van der Waals surface area contributed by atoms with Gasteiger partial charge in [0, 0.05) is 46.1 Å². The average molecular weight is 466 g/mol. The number of carbonyl (C=O) groups is 2. The first kappa shape index (κ1) is 23.4. The third-order valence-corrected chi connectivity index (χ3v) is 5.51. The standard InChI is InChI=1S/C22H18N4O6S/c1-14-11-18(26(31)32)7-10-20(14)24-21(27)13-33-19-8-5-16(6-9-19)23-22(28)15-3-2-4-17(12-15)25(29)30/h2-12H,13H2,1H3,(H,23,28)(H,24,27). The SMILES string of the molecule is Cc1cc([N+](=O)[O-])ccc1NC(=O)CSc1ccc(NC(=O)c2cccc([N+](=O)[O-])c2)cc1. The summed E-state index contributed by atoms with van der Waals surface area (Å²) in [5, 5.41) is 27.1. The van der Waals surface area contributed by atoms with Gasteiger partial charge < -0.3 is 10.6 Å². The zero-order valence-electron chi connectivity index (χ0n) is 17.3. The molecule has 0 spiro atoms. The molecule has 0 aromatic heterocycles. The molecule has 0 heterocycles. The molecule has 0 aliphatic rings. The Balaban J connectivity index is 1.54. The number of anilines is 2. The van der Waals surface area contributed by atoms with Crippen LogP contribution in [0.2, 0.25) is 0 Å². The number of hydrogen-bond donors (Lipinski definition) is 2. The number of nitrogens with one attached hydrogen (secondary N) is 2. The van der Waals surface area contributed by atoms with Crippen molar-refractivity contribution in [3.8, 4) is 0 Å². The smallest absolute Gasteiger partial charge is 0.270 e. The predicted octanol–water partition coefficient (Wildman–Crippen LogP) is 4.79. The maximum atomic E-state index is 12.3. The molecule has 0 bridgehead atoms. The van der Waals surface area contributed by atoms with E-state index in [1.807, 2.05) is 0 Å². The van der Waals surface area contributed by atoms with Crippen molar-refractivity contribution in [3.05, 3.63) is 98.1 Å². The number of thioether (sulfide) groups is 1. The number of rotatable bonds is 8. The van der Waals surface area contributed by atoms with Crippen molar-refractivity contribution in [2.24, 2.45) is 0 Å². The van der Waals surface area contributed by atoms with E-state index >= 15 is 0 Å². The molecule has 0 aliphatic carbocycles. The summed E-state index contributed by atoms with van der Waals surface area (Å²) >= 11 is 1.28. The fourth-order valence-electron chi connectivity index (χ4n) is 2.84. The molecule has 0 unspecified atom stereocenters. The summed E-state index contributed by atoms with van der Waals surface area (Å²) < 4.78 is 0. The van der Waals surface area contributed by atoms with Gasteiger partial charge in [-0.1, -0.05) is 6.07 Å². The molecule has 3 rings (SSSR count). The molecule has 2 amide bonds. The Bertz CT molecular complexity index is 1230. The van der Waals surface area contributed by atoms with Crippen LogP contribution in [0.3, 0.4) is 0 Å². The molecule has 0 aliphatic heterocycles. The Hall–Kier alpha value is -4.25. The lowest BCUT2D eigenvalue weighted by Gasteiger charge is -2.09. The van der Waals surface area contributed by atoms with Crippen LogP contribution in [0.4, 0.5) is 22.7 Å². The van der Waals surface area contributed by atoms with E-state index in [1.165, 1.54) is 54.2 Å². The number of nitrogens with zero attached hydrogens (tertiary/aromatic N) is 2. The minimum atomic E-state index is -0.568. The maximum absolute atomic E-state index is 12.3. The lowest BCUT2D eigenvalue weighted by atomic mass is 10.2. The van der Waals surface area contributed by atoms with Crippen LogP contribution in [0.1, 0.15) is 15.9 Å². The fourth-order valence-corrected chi connectivity index (χ4v) is 3.53. The average Bonchev–Trinajstić information content (AvgIpc) is 2.80. The lowest BCUT2D eigenvalue weighted by Crippen LogP contribution is -2.15. The van der Waals surface area contributed by atoms with E-state index < -0.39 is 15.8 Å². The highest BCUT2D eigenvalue weighted by Crippen LogP contribution is 2.24. The van der Waals surface area contributed by atoms with Crippen LogP contribution in [0, 0.1) is 27.2 Å². The number of nitro benzene ring substituents is 2. The van der Waals surface area contributed by atoms with Crippen molar-refractivity contribution in [1.29, 1.82) is 0 Å². The molecule has 168 valence electrons. The van der Waals surface area contributed by atoms with Crippen LogP contribution < -0.4 is 10.6 Å². The van der Waals surface area contributed by atoms with Gasteiger partial charge in [0.25, 0.3) is 17.3 Å². The van der Waals surface area contributed by atoms with Crippen LogP contribution in [0.15, 0.2) is 71.6 Å². The first-order valence-corrected chi connectivity index (χ1v) is 10.5. The monoisotopic (exact) mass is 466 g/mol. The van der Waals surface area contributed by atoms with E-state index in [1.54, 1.807) is 31.2 Å². The topological polar surface area (TPSA) is 144 Å². The summed E-state index contributed by atoms with van der Waals surface area (Å²) in [6, 6.07) is 16.4. The summed E-state index contributed by atoms with van der Waals surface area (Å²) in [7, 11) is 0. The highest BCUT2D eigenvalue weighted by Gasteiger charge is 2.13. The number of non-ortho nitro benzene ring substituents is 2. The molecule has 3 aromatic rings. The maximum Gasteiger partial charge on any atom is 0.270 e. The number of amides is 2. The fraction of sp³-hybridized carbons (Fsp3) is 0.0909. The Kier molecular flexibility index (Phi) is 7.36. The van der Waals surface area contributed by atoms with Gasteiger partial charge in [-0.15, -0.1) is 11.8 Å². The van der Waals surface area contributed by atoms with Crippen LogP contribution in [-0.4, -0.2) is 27.4 Å². The van der Waals surface area contributed by atoms with Gasteiger partial charge in [-0.05, 0) is 48.9 Å². The van der Waals surface area contributed by atoms with Crippen molar-refractivity contribution in [3.63, 3.8) is 0 Å². The highest BCUT2D eigenvalue weighted by atomic mass is 32.2. The van der Waals surface area contributed by atoms with Gasteiger partial charge in [-0.3, -0.25) is 29.8 Å². The molecule has 0 saturated carbocycles. The molecule has 3 aromatic carbocycles. The van der Waals surface area contributed by atoms with E-state index in [2.05, 4.69) is 10.6 Å². The Morgan fingerprint density at radius 1 is 0.879 bits per heavy atom. The number of aryl methyl sites for hydroxylation is 1. The molecule has 10 nitrogen and oxygen atoms in total. The largest absolute Gasteiger partial charge is 0.325 e. The van der Waals surface area contributed by atoms with Gasteiger partial charge in [0.1, 0.15) is 0 Å². The van der Waals surface area contributed by atoms with Gasteiger partial charge in [0.05, 0.1) is 15.6 Å². The molecule has 0 radical (unpaired) electrons. The number of nitro groups is 2. The van der Waals surface area contributed by atoms with Gasteiger partial charge in [0.2, 0.25) is 5.91 Å². The molecule has 2 N–H and O–H groups in total. The van der Waals surface area contributed by atoms with Crippen molar-refractivity contribution in [2.75, 3.05) is 16.4 Å². The Labute approximate surface area is 192 Å². The summed E-state index contributed by atoms with van der Waals surface area (Å²) in [5.41, 5.74) is 1.55. The minimum absolute atomic E-state index is 0.0439. The van der Waals surface area contributed by atoms with E-state index in [4.69, 9.17) is 0 Å². The van der Waals surface area contributed by atoms with Crippen molar-refractivity contribution in [2.45, 2.75) is 11.8 Å². The zero-order valence-corrected chi connectivity index (χ0v) is 18.1.